The van der Waals surface area contributed by atoms with E-state index in [-0.39, 0.29) is 12.1 Å². The molecule has 0 aliphatic rings. The maximum absolute atomic E-state index is 9.43. The minimum atomic E-state index is -0.135. The summed E-state index contributed by atoms with van der Waals surface area (Å²) in [6.07, 6.45) is 3.26. The molecule has 1 rings (SSSR count). The fourth-order valence-corrected chi connectivity index (χ4v) is 3.22. The highest BCUT2D eigenvalue weighted by Crippen LogP contribution is 2.29. The summed E-state index contributed by atoms with van der Waals surface area (Å²) in [4.78, 5) is 1.20. The van der Waals surface area contributed by atoms with Crippen molar-refractivity contribution >= 4 is 11.8 Å². The molecule has 0 amide bonds. The molecule has 0 aromatic heterocycles. The molecular formula is C16H27NO2S. The Morgan fingerprint density at radius 3 is 2.70 bits per heavy atom. The van der Waals surface area contributed by atoms with Gasteiger partial charge >= 0.3 is 0 Å². The van der Waals surface area contributed by atoms with Crippen LogP contribution < -0.4 is 10.1 Å². The summed E-state index contributed by atoms with van der Waals surface area (Å²) in [6, 6.07) is 8.13. The Morgan fingerprint density at radius 1 is 1.30 bits per heavy atom. The number of rotatable bonds is 10. The number of hydrogen-bond acceptors (Lipinski definition) is 4. The van der Waals surface area contributed by atoms with Crippen LogP contribution in [0.3, 0.4) is 0 Å². The number of aliphatic hydroxyl groups excluding tert-OH is 1. The molecule has 114 valence electrons. The van der Waals surface area contributed by atoms with Crippen LogP contribution in [0.2, 0.25) is 0 Å². The van der Waals surface area contributed by atoms with Crippen molar-refractivity contribution < 1.29 is 9.84 Å². The summed E-state index contributed by atoms with van der Waals surface area (Å²) in [5, 5.41) is 12.8. The summed E-state index contributed by atoms with van der Waals surface area (Å²) in [7, 11) is 1.71. The molecule has 0 aliphatic carbocycles. The first kappa shape index (κ1) is 17.3. The predicted octanol–water partition coefficient (Wildman–Crippen LogP) is 3.32. The zero-order valence-corrected chi connectivity index (χ0v) is 13.6. The van der Waals surface area contributed by atoms with E-state index in [1.54, 1.807) is 7.11 Å². The summed E-state index contributed by atoms with van der Waals surface area (Å²) in [6.45, 7) is 5.25. The molecule has 4 heteroatoms. The minimum Gasteiger partial charge on any atom is -0.496 e. The van der Waals surface area contributed by atoms with Crippen LogP contribution in [0.25, 0.3) is 0 Å². The van der Waals surface area contributed by atoms with Gasteiger partial charge in [0, 0.05) is 10.4 Å². The number of methoxy groups -OCH3 is 1. The van der Waals surface area contributed by atoms with Gasteiger partial charge in [0.25, 0.3) is 0 Å². The van der Waals surface area contributed by atoms with Gasteiger partial charge in [-0.05, 0) is 44.2 Å². The lowest BCUT2D eigenvalue weighted by Crippen LogP contribution is -2.45. The fourth-order valence-electron chi connectivity index (χ4n) is 2.19. The topological polar surface area (TPSA) is 41.5 Å². The van der Waals surface area contributed by atoms with Crippen molar-refractivity contribution in [1.82, 2.24) is 5.32 Å². The van der Waals surface area contributed by atoms with E-state index in [0.717, 1.165) is 37.3 Å². The Bertz CT molecular complexity index is 386. The lowest BCUT2D eigenvalue weighted by molar-refractivity contribution is 0.165. The molecule has 1 aromatic carbocycles. The molecule has 0 heterocycles. The van der Waals surface area contributed by atoms with Gasteiger partial charge in [0.05, 0.1) is 13.7 Å². The van der Waals surface area contributed by atoms with E-state index >= 15 is 0 Å². The number of thioether (sulfide) groups is 1. The molecule has 0 saturated carbocycles. The number of nitrogens with one attached hydrogen (secondary N) is 1. The van der Waals surface area contributed by atoms with E-state index < -0.39 is 0 Å². The van der Waals surface area contributed by atoms with Crippen LogP contribution in [-0.4, -0.2) is 36.7 Å². The quantitative estimate of drug-likeness (QED) is 0.513. The van der Waals surface area contributed by atoms with Crippen LogP contribution in [-0.2, 0) is 0 Å². The van der Waals surface area contributed by atoms with E-state index in [9.17, 15) is 5.11 Å². The lowest BCUT2D eigenvalue weighted by Gasteiger charge is -2.28. The van der Waals surface area contributed by atoms with Crippen LogP contribution in [0.1, 0.15) is 33.1 Å². The molecule has 20 heavy (non-hydrogen) atoms. The van der Waals surface area contributed by atoms with Gasteiger partial charge < -0.3 is 15.2 Å². The molecule has 0 aliphatic heterocycles. The molecule has 0 spiro atoms. The molecule has 0 bridgehead atoms. The standard InChI is InChI=1S/C16H27NO2S/c1-4-17-16(2,13-18)11-7-8-12-20-15-10-6-5-9-14(15)19-3/h5-6,9-10,17-18H,4,7-8,11-13H2,1-3H3. The van der Waals surface area contributed by atoms with Crippen LogP contribution in [0.5, 0.6) is 5.75 Å². The monoisotopic (exact) mass is 297 g/mol. The predicted molar refractivity (Wildman–Crippen MR) is 86.7 cm³/mol. The van der Waals surface area contributed by atoms with Crippen LogP contribution >= 0.6 is 11.8 Å². The molecule has 2 N–H and O–H groups in total. The average Bonchev–Trinajstić information content (AvgIpc) is 2.47. The number of unbranched alkanes of at least 4 members (excludes halogenated alkanes) is 1. The normalized spacial score (nSPS) is 14.0. The van der Waals surface area contributed by atoms with Gasteiger partial charge in [-0.2, -0.15) is 0 Å². The third-order valence-corrected chi connectivity index (χ3v) is 4.54. The minimum absolute atomic E-state index is 0.135. The summed E-state index contributed by atoms with van der Waals surface area (Å²) in [5.41, 5.74) is -0.135. The number of likely N-dealkylation sites (N-methyl/N-ethyl adjacent to an activating group) is 1. The van der Waals surface area contributed by atoms with Crippen LogP contribution in [0, 0.1) is 0 Å². The Hall–Kier alpha value is -0.710. The fraction of sp³-hybridized carbons (Fsp3) is 0.625. The maximum atomic E-state index is 9.43. The van der Waals surface area contributed by atoms with Gasteiger partial charge in [0.15, 0.2) is 0 Å². The summed E-state index contributed by atoms with van der Waals surface area (Å²) < 4.78 is 5.34. The van der Waals surface area contributed by atoms with Crippen molar-refractivity contribution in [2.24, 2.45) is 0 Å². The number of aliphatic hydroxyl groups is 1. The maximum Gasteiger partial charge on any atom is 0.132 e. The van der Waals surface area contributed by atoms with E-state index in [2.05, 4.69) is 25.2 Å². The van der Waals surface area contributed by atoms with Crippen molar-refractivity contribution in [3.8, 4) is 5.75 Å². The third kappa shape index (κ3) is 5.73. The first-order chi connectivity index (χ1) is 9.65. The number of hydrogen-bond donors (Lipinski definition) is 2. The molecular weight excluding hydrogens is 270 g/mol. The Balaban J connectivity index is 2.28. The van der Waals surface area contributed by atoms with E-state index in [1.165, 1.54) is 4.90 Å². The zero-order valence-electron chi connectivity index (χ0n) is 12.8. The van der Waals surface area contributed by atoms with Gasteiger partial charge in [0.2, 0.25) is 0 Å². The van der Waals surface area contributed by atoms with Gasteiger partial charge in [0.1, 0.15) is 5.75 Å². The summed E-state index contributed by atoms with van der Waals surface area (Å²) in [5.74, 6) is 2.03. The van der Waals surface area contributed by atoms with E-state index in [1.807, 2.05) is 30.0 Å². The molecule has 3 nitrogen and oxygen atoms in total. The first-order valence-electron chi connectivity index (χ1n) is 7.27. The van der Waals surface area contributed by atoms with E-state index in [4.69, 9.17) is 4.74 Å². The smallest absolute Gasteiger partial charge is 0.132 e. The molecule has 0 fully saturated rings. The third-order valence-electron chi connectivity index (χ3n) is 3.40. The largest absolute Gasteiger partial charge is 0.496 e. The van der Waals surface area contributed by atoms with Gasteiger partial charge in [-0.25, -0.2) is 0 Å². The number of benzene rings is 1. The highest BCUT2D eigenvalue weighted by atomic mass is 32.2. The van der Waals surface area contributed by atoms with Crippen molar-refractivity contribution in [2.75, 3.05) is 26.0 Å². The SMILES string of the molecule is CCNC(C)(CO)CCCCSc1ccccc1OC. The zero-order chi connectivity index (χ0) is 14.8. The van der Waals surface area contributed by atoms with Crippen molar-refractivity contribution in [2.45, 2.75) is 43.5 Å². The van der Waals surface area contributed by atoms with Gasteiger partial charge in [-0.1, -0.05) is 25.5 Å². The Labute approximate surface area is 127 Å². The van der Waals surface area contributed by atoms with Crippen molar-refractivity contribution in [3.63, 3.8) is 0 Å². The lowest BCUT2D eigenvalue weighted by atomic mass is 9.96. The molecule has 1 aromatic rings. The first-order valence-corrected chi connectivity index (χ1v) is 8.25. The second-order valence-corrected chi connectivity index (χ2v) is 6.34. The Morgan fingerprint density at radius 2 is 2.05 bits per heavy atom. The highest BCUT2D eigenvalue weighted by molar-refractivity contribution is 7.99. The Kier molecular flexibility index (Phi) is 8.04. The molecule has 1 unspecified atom stereocenters. The van der Waals surface area contributed by atoms with Crippen LogP contribution in [0.4, 0.5) is 0 Å². The second kappa shape index (κ2) is 9.27. The molecule has 0 radical (unpaired) electrons. The number of ether oxygens (including phenoxy) is 1. The van der Waals surface area contributed by atoms with Crippen LogP contribution in [0.15, 0.2) is 29.2 Å². The van der Waals surface area contributed by atoms with Gasteiger partial charge in [-0.15, -0.1) is 11.8 Å². The van der Waals surface area contributed by atoms with Crippen molar-refractivity contribution in [3.05, 3.63) is 24.3 Å². The van der Waals surface area contributed by atoms with E-state index in [0.29, 0.717) is 0 Å². The summed E-state index contributed by atoms with van der Waals surface area (Å²) >= 11 is 1.84. The molecule has 0 saturated heterocycles. The number of para-hydroxylation sites is 1. The molecule has 1 atom stereocenters. The average molecular weight is 297 g/mol. The second-order valence-electron chi connectivity index (χ2n) is 5.21. The van der Waals surface area contributed by atoms with Gasteiger partial charge in [-0.3, -0.25) is 0 Å². The highest BCUT2D eigenvalue weighted by Gasteiger charge is 2.20. The van der Waals surface area contributed by atoms with Crippen molar-refractivity contribution in [1.29, 1.82) is 0 Å².